The van der Waals surface area contributed by atoms with Crippen LogP contribution in [0, 0.1) is 20.8 Å². The lowest BCUT2D eigenvalue weighted by atomic mass is 9.90. The van der Waals surface area contributed by atoms with Gasteiger partial charge < -0.3 is 5.32 Å². The Bertz CT molecular complexity index is 596. The van der Waals surface area contributed by atoms with Crippen LogP contribution in [0.2, 0.25) is 0 Å². The molecule has 0 aromatic heterocycles. The van der Waals surface area contributed by atoms with E-state index in [0.29, 0.717) is 0 Å². The van der Waals surface area contributed by atoms with Gasteiger partial charge in [0.2, 0.25) is 0 Å². The number of nitrogens with one attached hydrogen (secondary N) is 1. The Morgan fingerprint density at radius 2 is 1.71 bits per heavy atom. The van der Waals surface area contributed by atoms with Crippen LogP contribution in [0.15, 0.2) is 40.9 Å². The summed E-state index contributed by atoms with van der Waals surface area (Å²) in [5.41, 5.74) is 6.78. The minimum Gasteiger partial charge on any atom is -0.306 e. The Balaban J connectivity index is 2.50. The van der Waals surface area contributed by atoms with Crippen LogP contribution in [0.3, 0.4) is 0 Å². The molecule has 0 radical (unpaired) electrons. The van der Waals surface area contributed by atoms with Gasteiger partial charge in [-0.3, -0.25) is 0 Å². The van der Waals surface area contributed by atoms with E-state index in [1.807, 2.05) is 0 Å². The third-order valence-corrected chi connectivity index (χ3v) is 4.30. The molecule has 1 N–H and O–H groups in total. The third-order valence-electron chi connectivity index (χ3n) is 3.81. The molecule has 1 unspecified atom stereocenters. The Labute approximate surface area is 136 Å². The third kappa shape index (κ3) is 3.96. The van der Waals surface area contributed by atoms with E-state index in [-0.39, 0.29) is 6.04 Å². The molecule has 0 aliphatic heterocycles. The van der Waals surface area contributed by atoms with Crippen molar-refractivity contribution in [2.75, 3.05) is 6.54 Å². The standard InChI is InChI=1S/C19H24BrN/c1-5-9-21-19(16-7-6-8-17(20)12-16)18-14(3)10-13(2)11-15(18)4/h6-8,10-12,19,21H,5,9H2,1-4H3. The van der Waals surface area contributed by atoms with Crippen molar-refractivity contribution >= 4 is 15.9 Å². The maximum absolute atomic E-state index is 3.71. The van der Waals surface area contributed by atoms with Crippen molar-refractivity contribution in [3.8, 4) is 0 Å². The summed E-state index contributed by atoms with van der Waals surface area (Å²) in [7, 11) is 0. The summed E-state index contributed by atoms with van der Waals surface area (Å²) in [6.45, 7) is 9.82. The number of benzene rings is 2. The molecule has 0 bridgehead atoms. The lowest BCUT2D eigenvalue weighted by Crippen LogP contribution is -2.24. The summed E-state index contributed by atoms with van der Waals surface area (Å²) in [6.07, 6.45) is 1.13. The van der Waals surface area contributed by atoms with E-state index >= 15 is 0 Å². The van der Waals surface area contributed by atoms with Crippen LogP contribution < -0.4 is 5.32 Å². The fourth-order valence-corrected chi connectivity index (χ4v) is 3.42. The highest BCUT2D eigenvalue weighted by Gasteiger charge is 2.18. The second-order valence-corrected chi connectivity index (χ2v) is 6.67. The second kappa shape index (κ2) is 7.24. The molecule has 21 heavy (non-hydrogen) atoms. The van der Waals surface area contributed by atoms with E-state index in [0.717, 1.165) is 17.4 Å². The van der Waals surface area contributed by atoms with E-state index < -0.39 is 0 Å². The monoisotopic (exact) mass is 345 g/mol. The molecule has 2 aromatic carbocycles. The topological polar surface area (TPSA) is 12.0 Å². The van der Waals surface area contributed by atoms with Gasteiger partial charge in [-0.05, 0) is 68.1 Å². The highest BCUT2D eigenvalue weighted by Crippen LogP contribution is 2.30. The molecular weight excluding hydrogens is 322 g/mol. The first-order valence-electron chi connectivity index (χ1n) is 7.59. The molecule has 112 valence electrons. The van der Waals surface area contributed by atoms with Gasteiger partial charge in [0.05, 0.1) is 6.04 Å². The van der Waals surface area contributed by atoms with Gasteiger partial charge in [0.15, 0.2) is 0 Å². The first-order valence-corrected chi connectivity index (χ1v) is 8.38. The summed E-state index contributed by atoms with van der Waals surface area (Å²) in [5, 5.41) is 3.71. The summed E-state index contributed by atoms with van der Waals surface area (Å²) in [5.74, 6) is 0. The van der Waals surface area contributed by atoms with E-state index in [4.69, 9.17) is 0 Å². The van der Waals surface area contributed by atoms with Gasteiger partial charge in [0.25, 0.3) is 0 Å². The van der Waals surface area contributed by atoms with E-state index in [2.05, 4.69) is 85.3 Å². The van der Waals surface area contributed by atoms with Crippen LogP contribution in [0.25, 0.3) is 0 Å². The summed E-state index contributed by atoms with van der Waals surface area (Å²) >= 11 is 3.59. The molecule has 1 nitrogen and oxygen atoms in total. The lowest BCUT2D eigenvalue weighted by Gasteiger charge is -2.24. The van der Waals surface area contributed by atoms with Crippen molar-refractivity contribution in [3.63, 3.8) is 0 Å². The second-order valence-electron chi connectivity index (χ2n) is 5.75. The lowest BCUT2D eigenvalue weighted by molar-refractivity contribution is 0.593. The van der Waals surface area contributed by atoms with Crippen LogP contribution >= 0.6 is 15.9 Å². The number of aryl methyl sites for hydroxylation is 3. The zero-order chi connectivity index (χ0) is 15.4. The maximum atomic E-state index is 3.71. The molecule has 0 saturated carbocycles. The van der Waals surface area contributed by atoms with Crippen LogP contribution in [0.1, 0.15) is 47.2 Å². The van der Waals surface area contributed by atoms with E-state index in [1.165, 1.54) is 27.8 Å². The van der Waals surface area contributed by atoms with E-state index in [9.17, 15) is 0 Å². The van der Waals surface area contributed by atoms with Crippen LogP contribution in [0.5, 0.6) is 0 Å². The first-order chi connectivity index (χ1) is 10.0. The fraction of sp³-hybridized carbons (Fsp3) is 0.368. The van der Waals surface area contributed by atoms with Gasteiger partial charge in [-0.15, -0.1) is 0 Å². The van der Waals surface area contributed by atoms with Gasteiger partial charge >= 0.3 is 0 Å². The molecule has 0 saturated heterocycles. The number of hydrogen-bond donors (Lipinski definition) is 1. The summed E-state index contributed by atoms with van der Waals surface area (Å²) < 4.78 is 1.13. The normalized spacial score (nSPS) is 12.4. The highest BCUT2D eigenvalue weighted by molar-refractivity contribution is 9.10. The molecule has 0 fully saturated rings. The molecule has 0 aliphatic carbocycles. The van der Waals surface area contributed by atoms with Gasteiger partial charge in [-0.2, -0.15) is 0 Å². The Morgan fingerprint density at radius 3 is 2.29 bits per heavy atom. The van der Waals surface area contributed by atoms with Crippen molar-refractivity contribution in [2.45, 2.75) is 40.2 Å². The molecule has 0 heterocycles. The highest BCUT2D eigenvalue weighted by atomic mass is 79.9. The van der Waals surface area contributed by atoms with Crippen molar-refractivity contribution in [3.05, 3.63) is 68.7 Å². The Kier molecular flexibility index (Phi) is 5.60. The Hall–Kier alpha value is -1.12. The van der Waals surface area contributed by atoms with Gasteiger partial charge in [0.1, 0.15) is 0 Å². The predicted octanol–water partition coefficient (Wildman–Crippen LogP) is 5.46. The maximum Gasteiger partial charge on any atom is 0.0582 e. The van der Waals surface area contributed by atoms with Gasteiger partial charge in [-0.25, -0.2) is 0 Å². The molecule has 2 aromatic rings. The zero-order valence-electron chi connectivity index (χ0n) is 13.3. The smallest absolute Gasteiger partial charge is 0.0582 e. The van der Waals surface area contributed by atoms with Crippen molar-refractivity contribution in [2.24, 2.45) is 0 Å². The van der Waals surface area contributed by atoms with Gasteiger partial charge in [0, 0.05) is 4.47 Å². The van der Waals surface area contributed by atoms with Crippen molar-refractivity contribution in [1.29, 1.82) is 0 Å². The molecule has 0 amide bonds. The first kappa shape index (κ1) is 16.3. The predicted molar refractivity (Wildman–Crippen MR) is 94.9 cm³/mol. The SMILES string of the molecule is CCCNC(c1cccc(Br)c1)c1c(C)cc(C)cc1C. The minimum atomic E-state index is 0.253. The molecule has 2 rings (SSSR count). The average molecular weight is 346 g/mol. The Morgan fingerprint density at radius 1 is 1.05 bits per heavy atom. The molecule has 0 spiro atoms. The quantitative estimate of drug-likeness (QED) is 0.758. The zero-order valence-corrected chi connectivity index (χ0v) is 14.9. The average Bonchev–Trinajstić information content (AvgIpc) is 2.41. The van der Waals surface area contributed by atoms with Gasteiger partial charge in [-0.1, -0.05) is 52.7 Å². The van der Waals surface area contributed by atoms with Crippen LogP contribution in [0.4, 0.5) is 0 Å². The van der Waals surface area contributed by atoms with Crippen molar-refractivity contribution in [1.82, 2.24) is 5.32 Å². The van der Waals surface area contributed by atoms with Crippen molar-refractivity contribution < 1.29 is 0 Å². The minimum absolute atomic E-state index is 0.253. The van der Waals surface area contributed by atoms with Crippen LogP contribution in [-0.4, -0.2) is 6.54 Å². The van der Waals surface area contributed by atoms with E-state index in [1.54, 1.807) is 0 Å². The summed E-state index contributed by atoms with van der Waals surface area (Å²) in [4.78, 5) is 0. The number of halogens is 1. The van der Waals surface area contributed by atoms with Crippen LogP contribution in [-0.2, 0) is 0 Å². The number of hydrogen-bond acceptors (Lipinski definition) is 1. The molecule has 1 atom stereocenters. The fourth-order valence-electron chi connectivity index (χ4n) is 3.01. The molecular formula is C19H24BrN. The summed E-state index contributed by atoms with van der Waals surface area (Å²) in [6, 6.07) is 13.4. The number of rotatable bonds is 5. The molecule has 2 heteroatoms. The largest absolute Gasteiger partial charge is 0.306 e. The molecule has 0 aliphatic rings.